The second-order valence-corrected chi connectivity index (χ2v) is 11.9. The summed E-state index contributed by atoms with van der Waals surface area (Å²) in [6.07, 6.45) is 6.34. The highest BCUT2D eigenvalue weighted by atomic mass is 32.1. The molecule has 0 spiro atoms. The number of hydrogen-bond acceptors (Lipinski definition) is 7. The van der Waals surface area contributed by atoms with Crippen LogP contribution in [-0.2, 0) is 16.1 Å². The van der Waals surface area contributed by atoms with Crippen LogP contribution < -0.4 is 5.32 Å². The third-order valence-corrected chi connectivity index (χ3v) is 9.14. The number of Topliss-reactive ketones (excluding diaryl/α,β-unsaturated/α-hetero) is 1. The molecule has 3 aromatic heterocycles. The van der Waals surface area contributed by atoms with Gasteiger partial charge in [0.1, 0.15) is 17.6 Å². The van der Waals surface area contributed by atoms with Gasteiger partial charge in [-0.1, -0.05) is 30.3 Å². The molecule has 0 aliphatic carbocycles. The molecule has 0 radical (unpaired) electrons. The second-order valence-electron chi connectivity index (χ2n) is 10.9. The standard InChI is InChI=1S/C34H28N6O3S/c1-21(41)26-19-39(29-13-12-22(17-25(26)29)23-14-15-35-36-18-23)20-32(42)40-16-6-10-30(40)33(43)37-27-8-3-2-7-24(27)34-38-28-9-4-5-11-31(28)44-34/h2-5,7-9,11-15,17-19,30H,6,10,16,20H2,1H3,(H,37,43). The number of anilines is 1. The van der Waals surface area contributed by atoms with Crippen LogP contribution in [-0.4, -0.2) is 54.8 Å². The topological polar surface area (TPSA) is 110 Å². The van der Waals surface area contributed by atoms with Gasteiger partial charge in [-0.15, -0.1) is 11.3 Å². The molecule has 44 heavy (non-hydrogen) atoms. The van der Waals surface area contributed by atoms with E-state index in [1.807, 2.05) is 72.8 Å². The molecule has 1 aliphatic rings. The average Bonchev–Trinajstić information content (AvgIpc) is 3.79. The van der Waals surface area contributed by atoms with E-state index in [1.165, 1.54) is 6.92 Å². The first-order valence-electron chi connectivity index (χ1n) is 14.4. The number of rotatable bonds is 7. The molecule has 6 aromatic rings. The van der Waals surface area contributed by atoms with E-state index in [-0.39, 0.29) is 24.1 Å². The van der Waals surface area contributed by atoms with Gasteiger partial charge in [0.05, 0.1) is 28.3 Å². The van der Waals surface area contributed by atoms with E-state index in [9.17, 15) is 14.4 Å². The molecular formula is C34H28N6O3S. The van der Waals surface area contributed by atoms with Crippen molar-refractivity contribution < 1.29 is 14.4 Å². The number of carbonyl (C=O) groups is 3. The van der Waals surface area contributed by atoms with E-state index < -0.39 is 6.04 Å². The molecule has 2 amide bonds. The number of benzene rings is 3. The summed E-state index contributed by atoms with van der Waals surface area (Å²) in [6, 6.07) is 22.6. The fraction of sp³-hybridized carbons (Fsp3) is 0.176. The maximum atomic E-state index is 13.7. The molecule has 3 aromatic carbocycles. The largest absolute Gasteiger partial charge is 0.337 e. The van der Waals surface area contributed by atoms with Gasteiger partial charge in [0.2, 0.25) is 11.8 Å². The maximum absolute atomic E-state index is 13.7. The van der Waals surface area contributed by atoms with Crippen LogP contribution >= 0.6 is 11.3 Å². The summed E-state index contributed by atoms with van der Waals surface area (Å²) in [5.74, 6) is -0.477. The number of aromatic nitrogens is 4. The SMILES string of the molecule is CC(=O)c1cn(CC(=O)N2CCCC2C(=O)Nc2ccccc2-c2nc3ccccc3s2)c2ccc(-c3ccnnc3)cc12. The molecule has 1 saturated heterocycles. The van der Waals surface area contributed by atoms with Gasteiger partial charge in [0.25, 0.3) is 0 Å². The van der Waals surface area contributed by atoms with E-state index in [4.69, 9.17) is 4.98 Å². The highest BCUT2D eigenvalue weighted by molar-refractivity contribution is 7.21. The number of carbonyl (C=O) groups excluding carboxylic acids is 3. The summed E-state index contributed by atoms with van der Waals surface area (Å²) < 4.78 is 2.88. The Kier molecular flexibility index (Phi) is 7.19. The van der Waals surface area contributed by atoms with Gasteiger partial charge in [-0.25, -0.2) is 4.98 Å². The quantitative estimate of drug-likeness (QED) is 0.218. The Bertz CT molecular complexity index is 2020. The van der Waals surface area contributed by atoms with Gasteiger partial charge in [-0.2, -0.15) is 10.2 Å². The Morgan fingerprint density at radius 1 is 0.977 bits per heavy atom. The van der Waals surface area contributed by atoms with Crippen LogP contribution in [0.25, 0.3) is 42.8 Å². The molecule has 9 nitrogen and oxygen atoms in total. The van der Waals surface area contributed by atoms with Gasteiger partial charge in [0.15, 0.2) is 5.78 Å². The fourth-order valence-corrected chi connectivity index (χ4v) is 6.91. The normalized spacial score (nSPS) is 14.8. The van der Waals surface area contributed by atoms with E-state index in [0.29, 0.717) is 24.2 Å². The van der Waals surface area contributed by atoms with E-state index in [0.717, 1.165) is 49.2 Å². The third kappa shape index (κ3) is 5.13. The lowest BCUT2D eigenvalue weighted by atomic mass is 10.0. The first-order chi connectivity index (χ1) is 21.5. The van der Waals surface area contributed by atoms with Crippen LogP contribution in [0.1, 0.15) is 30.1 Å². The summed E-state index contributed by atoms with van der Waals surface area (Å²) in [6.45, 7) is 2.04. The highest BCUT2D eigenvalue weighted by Gasteiger charge is 2.34. The minimum absolute atomic E-state index is 0.0199. The smallest absolute Gasteiger partial charge is 0.247 e. The molecular weight excluding hydrogens is 572 g/mol. The van der Waals surface area contributed by atoms with Gasteiger partial charge in [0, 0.05) is 40.3 Å². The molecule has 7 rings (SSSR count). The van der Waals surface area contributed by atoms with Crippen molar-refractivity contribution in [2.75, 3.05) is 11.9 Å². The Morgan fingerprint density at radius 2 is 1.82 bits per heavy atom. The summed E-state index contributed by atoms with van der Waals surface area (Å²) in [7, 11) is 0. The number of para-hydroxylation sites is 2. The number of thiazole rings is 1. The first-order valence-corrected chi connectivity index (χ1v) is 15.2. The monoisotopic (exact) mass is 600 g/mol. The predicted molar refractivity (Wildman–Crippen MR) is 171 cm³/mol. The molecule has 4 heterocycles. The lowest BCUT2D eigenvalue weighted by molar-refractivity contribution is -0.137. The van der Waals surface area contributed by atoms with Gasteiger partial charge in [-0.05, 0) is 67.8 Å². The Balaban J connectivity index is 1.12. The Morgan fingerprint density at radius 3 is 2.64 bits per heavy atom. The minimum atomic E-state index is -0.592. The highest BCUT2D eigenvalue weighted by Crippen LogP contribution is 2.35. The summed E-state index contributed by atoms with van der Waals surface area (Å²) in [4.78, 5) is 46.3. The second kappa shape index (κ2) is 11.5. The number of likely N-dealkylation sites (tertiary alicyclic amines) is 1. The summed E-state index contributed by atoms with van der Waals surface area (Å²) in [5, 5.41) is 12.5. The predicted octanol–water partition coefficient (Wildman–Crippen LogP) is 6.21. The molecule has 1 fully saturated rings. The van der Waals surface area contributed by atoms with E-state index in [1.54, 1.807) is 39.4 Å². The van der Waals surface area contributed by atoms with Crippen LogP contribution in [0.2, 0.25) is 0 Å². The first kappa shape index (κ1) is 27.6. The molecule has 0 saturated carbocycles. The minimum Gasteiger partial charge on any atom is -0.337 e. The van der Waals surface area contributed by atoms with Gasteiger partial charge in [-0.3, -0.25) is 14.4 Å². The van der Waals surface area contributed by atoms with Crippen molar-refractivity contribution in [3.05, 3.63) is 97.0 Å². The molecule has 0 bridgehead atoms. The Hall–Kier alpha value is -5.22. The van der Waals surface area contributed by atoms with Crippen LogP contribution in [0.15, 0.2) is 91.4 Å². The van der Waals surface area contributed by atoms with E-state index in [2.05, 4.69) is 15.5 Å². The molecule has 218 valence electrons. The van der Waals surface area contributed by atoms with Crippen molar-refractivity contribution in [3.63, 3.8) is 0 Å². The molecule has 1 aliphatic heterocycles. The van der Waals surface area contributed by atoms with Crippen molar-refractivity contribution in [1.29, 1.82) is 0 Å². The summed E-state index contributed by atoms with van der Waals surface area (Å²) in [5.41, 5.74) is 5.53. The van der Waals surface area contributed by atoms with Crippen molar-refractivity contribution in [2.45, 2.75) is 32.4 Å². The average molecular weight is 601 g/mol. The maximum Gasteiger partial charge on any atom is 0.247 e. The number of fused-ring (bicyclic) bond motifs is 2. The zero-order valence-electron chi connectivity index (χ0n) is 23.9. The lowest BCUT2D eigenvalue weighted by Crippen LogP contribution is -2.44. The molecule has 10 heteroatoms. The van der Waals surface area contributed by atoms with Crippen LogP contribution in [0, 0.1) is 0 Å². The molecule has 1 N–H and O–H groups in total. The van der Waals surface area contributed by atoms with Crippen LogP contribution in [0.3, 0.4) is 0 Å². The van der Waals surface area contributed by atoms with E-state index >= 15 is 0 Å². The van der Waals surface area contributed by atoms with Gasteiger partial charge < -0.3 is 14.8 Å². The molecule has 1 atom stereocenters. The molecule has 1 unspecified atom stereocenters. The number of amides is 2. The number of hydrogen-bond donors (Lipinski definition) is 1. The van der Waals surface area contributed by atoms with Crippen molar-refractivity contribution >= 4 is 55.7 Å². The van der Waals surface area contributed by atoms with Crippen molar-refractivity contribution in [3.8, 4) is 21.7 Å². The zero-order chi connectivity index (χ0) is 30.2. The van der Waals surface area contributed by atoms with Crippen LogP contribution in [0.4, 0.5) is 5.69 Å². The van der Waals surface area contributed by atoms with Gasteiger partial charge >= 0.3 is 0 Å². The van der Waals surface area contributed by atoms with Crippen molar-refractivity contribution in [2.24, 2.45) is 0 Å². The number of nitrogens with one attached hydrogen (secondary N) is 1. The van der Waals surface area contributed by atoms with Crippen LogP contribution in [0.5, 0.6) is 0 Å². The lowest BCUT2D eigenvalue weighted by Gasteiger charge is -2.25. The zero-order valence-corrected chi connectivity index (χ0v) is 24.8. The number of ketones is 1. The Labute approximate surface area is 257 Å². The van der Waals surface area contributed by atoms with Crippen molar-refractivity contribution in [1.82, 2.24) is 24.6 Å². The fourth-order valence-electron chi connectivity index (χ4n) is 5.91. The third-order valence-electron chi connectivity index (χ3n) is 8.07. The summed E-state index contributed by atoms with van der Waals surface area (Å²) >= 11 is 1.58. The number of nitrogens with zero attached hydrogens (tertiary/aromatic N) is 5.